The molecule has 0 saturated carbocycles. The third kappa shape index (κ3) is 7.15. The van der Waals surface area contributed by atoms with E-state index >= 15 is 0 Å². The maximum atomic E-state index is 12.5. The average molecular weight is 459 g/mol. The molecule has 0 spiro atoms. The van der Waals surface area contributed by atoms with Gasteiger partial charge >= 0.3 is 0 Å². The summed E-state index contributed by atoms with van der Waals surface area (Å²) in [6.07, 6.45) is 0. The van der Waals surface area contributed by atoms with Crippen molar-refractivity contribution in [2.24, 2.45) is 0 Å². The van der Waals surface area contributed by atoms with Crippen molar-refractivity contribution in [3.63, 3.8) is 0 Å². The third-order valence-corrected chi connectivity index (χ3v) is 6.48. The van der Waals surface area contributed by atoms with Gasteiger partial charge in [-0.2, -0.15) is 0 Å². The third-order valence-electron chi connectivity index (χ3n) is 5.47. The van der Waals surface area contributed by atoms with Crippen LogP contribution in [0, 0.1) is 6.92 Å². The summed E-state index contributed by atoms with van der Waals surface area (Å²) in [7, 11) is 1.65. The smallest absolute Gasteiger partial charge is 0.230 e. The highest BCUT2D eigenvalue weighted by Gasteiger charge is 2.24. The van der Waals surface area contributed by atoms with Gasteiger partial charge in [-0.1, -0.05) is 35.9 Å². The molecule has 1 fully saturated rings. The molecule has 1 atom stereocenters. The fourth-order valence-corrected chi connectivity index (χ4v) is 4.54. The van der Waals surface area contributed by atoms with E-state index in [1.165, 1.54) is 11.1 Å². The summed E-state index contributed by atoms with van der Waals surface area (Å²) < 4.78 is 16.7. The fourth-order valence-electron chi connectivity index (χ4n) is 3.72. The highest BCUT2D eigenvalue weighted by molar-refractivity contribution is 7.99. The second-order valence-electron chi connectivity index (χ2n) is 7.79. The second kappa shape index (κ2) is 12.7. The van der Waals surface area contributed by atoms with Crippen LogP contribution < -0.4 is 14.8 Å². The van der Waals surface area contributed by atoms with Crippen LogP contribution in [-0.2, 0) is 15.3 Å². The number of nitrogens with zero attached hydrogens (tertiary/aromatic N) is 1. The van der Waals surface area contributed by atoms with Crippen LogP contribution in [-0.4, -0.2) is 63.1 Å². The van der Waals surface area contributed by atoms with Gasteiger partial charge in [0.05, 0.1) is 38.7 Å². The molecule has 2 aromatic rings. The Kier molecular flexibility index (Phi) is 9.71. The first kappa shape index (κ1) is 24.4. The molecule has 0 bridgehead atoms. The topological polar surface area (TPSA) is 60.0 Å². The van der Waals surface area contributed by atoms with E-state index in [2.05, 4.69) is 47.5 Å². The largest absolute Gasteiger partial charge is 0.493 e. The summed E-state index contributed by atoms with van der Waals surface area (Å²) >= 11 is 1.63. The van der Waals surface area contributed by atoms with E-state index in [-0.39, 0.29) is 11.9 Å². The monoisotopic (exact) mass is 458 g/mol. The standard InChI is InChI=1S/C25H34N2O4S/c1-4-31-23-10-9-21(15-24(23)29-3)22(27-11-13-30-14-12-27)16-26-25(28)18-32-17-20-7-5-19(2)6-8-20/h5-10,15,22H,4,11-14,16-18H2,1-3H3,(H,26,28). The molecule has 0 aliphatic carbocycles. The molecule has 1 heterocycles. The summed E-state index contributed by atoms with van der Waals surface area (Å²) in [6.45, 7) is 8.22. The number of carbonyl (C=O) groups excluding carboxylic acids is 1. The average Bonchev–Trinajstić information content (AvgIpc) is 2.82. The van der Waals surface area contributed by atoms with Crippen LogP contribution in [0.2, 0.25) is 0 Å². The minimum absolute atomic E-state index is 0.0505. The quantitative estimate of drug-likeness (QED) is 0.552. The number of nitrogens with one attached hydrogen (secondary N) is 1. The summed E-state index contributed by atoms with van der Waals surface area (Å²) in [4.78, 5) is 14.9. The van der Waals surface area contributed by atoms with Crippen LogP contribution in [0.1, 0.15) is 29.7 Å². The Labute approximate surface area is 195 Å². The number of hydrogen-bond donors (Lipinski definition) is 1. The number of methoxy groups -OCH3 is 1. The number of benzene rings is 2. The lowest BCUT2D eigenvalue weighted by Gasteiger charge is -2.35. The van der Waals surface area contributed by atoms with Gasteiger partial charge in [-0.15, -0.1) is 11.8 Å². The number of aryl methyl sites for hydroxylation is 1. The summed E-state index contributed by atoms with van der Waals surface area (Å²) in [6, 6.07) is 14.5. The first-order valence-electron chi connectivity index (χ1n) is 11.1. The van der Waals surface area contributed by atoms with Gasteiger partial charge in [0.25, 0.3) is 0 Å². The van der Waals surface area contributed by atoms with Gasteiger partial charge < -0.3 is 19.5 Å². The lowest BCUT2D eigenvalue weighted by molar-refractivity contribution is -0.118. The molecule has 1 saturated heterocycles. The van der Waals surface area contributed by atoms with E-state index in [0.29, 0.717) is 37.9 Å². The normalized spacial score (nSPS) is 15.2. The van der Waals surface area contributed by atoms with Gasteiger partial charge in [-0.3, -0.25) is 9.69 Å². The molecule has 1 aliphatic heterocycles. The van der Waals surface area contributed by atoms with Crippen LogP contribution in [0.5, 0.6) is 11.5 Å². The molecule has 1 unspecified atom stereocenters. The maximum Gasteiger partial charge on any atom is 0.230 e. The minimum Gasteiger partial charge on any atom is -0.493 e. The predicted molar refractivity (Wildman–Crippen MR) is 130 cm³/mol. The summed E-state index contributed by atoms with van der Waals surface area (Å²) in [5.41, 5.74) is 3.58. The SMILES string of the molecule is CCOc1ccc(C(CNC(=O)CSCc2ccc(C)cc2)N2CCOCC2)cc1OC. The van der Waals surface area contributed by atoms with Crippen molar-refractivity contribution in [1.82, 2.24) is 10.2 Å². The van der Waals surface area contributed by atoms with Crippen LogP contribution in [0.3, 0.4) is 0 Å². The van der Waals surface area contributed by atoms with Crippen LogP contribution >= 0.6 is 11.8 Å². The molecule has 2 aromatic carbocycles. The zero-order valence-corrected chi connectivity index (χ0v) is 20.1. The highest BCUT2D eigenvalue weighted by atomic mass is 32.2. The number of ether oxygens (including phenoxy) is 3. The zero-order valence-electron chi connectivity index (χ0n) is 19.3. The Hall–Kier alpha value is -2.22. The number of amides is 1. The molecule has 32 heavy (non-hydrogen) atoms. The Morgan fingerprint density at radius 3 is 2.59 bits per heavy atom. The molecule has 1 N–H and O–H groups in total. The lowest BCUT2D eigenvalue weighted by atomic mass is 10.0. The molecule has 0 radical (unpaired) electrons. The van der Waals surface area contributed by atoms with Crippen molar-refractivity contribution in [2.75, 3.05) is 52.3 Å². The molecule has 6 nitrogen and oxygen atoms in total. The van der Waals surface area contributed by atoms with Gasteiger partial charge in [0.15, 0.2) is 11.5 Å². The van der Waals surface area contributed by atoms with E-state index < -0.39 is 0 Å². The Balaban J connectivity index is 1.60. The van der Waals surface area contributed by atoms with Gasteiger partial charge in [-0.05, 0) is 37.1 Å². The fraction of sp³-hybridized carbons (Fsp3) is 0.480. The van der Waals surface area contributed by atoms with Gasteiger partial charge in [0, 0.05) is 25.4 Å². The van der Waals surface area contributed by atoms with E-state index in [1.807, 2.05) is 19.1 Å². The number of carbonyl (C=O) groups is 1. The first-order chi connectivity index (χ1) is 15.6. The Bertz CT molecular complexity index is 854. The second-order valence-corrected chi connectivity index (χ2v) is 8.78. The number of thioether (sulfide) groups is 1. The molecular formula is C25H34N2O4S. The number of morpholine rings is 1. The molecule has 7 heteroatoms. The van der Waals surface area contributed by atoms with E-state index in [1.54, 1.807) is 18.9 Å². The van der Waals surface area contributed by atoms with E-state index in [0.717, 1.165) is 30.2 Å². The van der Waals surface area contributed by atoms with Crippen LogP contribution in [0.4, 0.5) is 0 Å². The molecular weight excluding hydrogens is 424 g/mol. The van der Waals surface area contributed by atoms with E-state index in [4.69, 9.17) is 14.2 Å². The number of rotatable bonds is 11. The predicted octanol–water partition coefficient (Wildman–Crippen LogP) is 3.83. The Morgan fingerprint density at radius 1 is 1.16 bits per heavy atom. The first-order valence-corrected chi connectivity index (χ1v) is 12.3. The highest BCUT2D eigenvalue weighted by Crippen LogP contribution is 2.32. The number of hydrogen-bond acceptors (Lipinski definition) is 6. The maximum absolute atomic E-state index is 12.5. The van der Waals surface area contributed by atoms with Crippen LogP contribution in [0.15, 0.2) is 42.5 Å². The molecule has 0 aromatic heterocycles. The van der Waals surface area contributed by atoms with Gasteiger partial charge in [0.1, 0.15) is 0 Å². The molecule has 1 aliphatic rings. The minimum atomic E-state index is 0.0505. The van der Waals surface area contributed by atoms with Crippen LogP contribution in [0.25, 0.3) is 0 Å². The van der Waals surface area contributed by atoms with Crippen molar-refractivity contribution in [3.05, 3.63) is 59.2 Å². The van der Waals surface area contributed by atoms with Crippen molar-refractivity contribution in [3.8, 4) is 11.5 Å². The molecule has 174 valence electrons. The lowest BCUT2D eigenvalue weighted by Crippen LogP contribution is -2.44. The Morgan fingerprint density at radius 2 is 1.91 bits per heavy atom. The van der Waals surface area contributed by atoms with Crippen molar-refractivity contribution in [2.45, 2.75) is 25.6 Å². The van der Waals surface area contributed by atoms with Gasteiger partial charge in [0.2, 0.25) is 5.91 Å². The van der Waals surface area contributed by atoms with E-state index in [9.17, 15) is 4.79 Å². The van der Waals surface area contributed by atoms with Crippen molar-refractivity contribution < 1.29 is 19.0 Å². The van der Waals surface area contributed by atoms with Crippen molar-refractivity contribution >= 4 is 17.7 Å². The zero-order chi connectivity index (χ0) is 22.8. The summed E-state index contributed by atoms with van der Waals surface area (Å²) in [5.74, 6) is 2.77. The molecule has 1 amide bonds. The summed E-state index contributed by atoms with van der Waals surface area (Å²) in [5, 5.41) is 3.14. The van der Waals surface area contributed by atoms with Gasteiger partial charge in [-0.25, -0.2) is 0 Å². The van der Waals surface area contributed by atoms with Crippen molar-refractivity contribution in [1.29, 1.82) is 0 Å². The molecule has 3 rings (SSSR count).